The molecule has 0 saturated heterocycles. The minimum Gasteiger partial charge on any atom is -0.480 e. The van der Waals surface area contributed by atoms with E-state index < -0.39 is 12.0 Å². The second kappa shape index (κ2) is 7.08. The predicted molar refractivity (Wildman–Crippen MR) is 72.4 cm³/mol. The van der Waals surface area contributed by atoms with Crippen LogP contribution in [0.4, 0.5) is 0 Å². The van der Waals surface area contributed by atoms with Gasteiger partial charge in [0, 0.05) is 24.0 Å². The van der Waals surface area contributed by atoms with Gasteiger partial charge in [0.2, 0.25) is 5.91 Å². The number of hydrogen-bond donors (Lipinski definition) is 2. The average Bonchev–Trinajstić information content (AvgIpc) is 2.67. The van der Waals surface area contributed by atoms with Crippen molar-refractivity contribution in [2.45, 2.75) is 45.7 Å². The zero-order valence-corrected chi connectivity index (χ0v) is 11.8. The van der Waals surface area contributed by atoms with E-state index in [0.29, 0.717) is 19.4 Å². The van der Waals surface area contributed by atoms with E-state index in [1.807, 2.05) is 6.92 Å². The molecular formula is C12H18N2O4S. The fourth-order valence-corrected chi connectivity index (χ4v) is 2.44. The molecule has 2 N–H and O–H groups in total. The number of aryl methyl sites for hydroxylation is 1. The Labute approximate surface area is 115 Å². The highest BCUT2D eigenvalue weighted by Gasteiger charge is 2.17. The van der Waals surface area contributed by atoms with Gasteiger partial charge in [0.05, 0.1) is 0 Å². The van der Waals surface area contributed by atoms with Gasteiger partial charge >= 0.3 is 10.8 Å². The van der Waals surface area contributed by atoms with Gasteiger partial charge in [0.25, 0.3) is 0 Å². The van der Waals surface area contributed by atoms with Crippen LogP contribution in [0.5, 0.6) is 0 Å². The Hall–Kier alpha value is -1.63. The van der Waals surface area contributed by atoms with E-state index in [0.717, 1.165) is 17.0 Å². The number of hydrogen-bond acceptors (Lipinski definition) is 4. The highest BCUT2D eigenvalue weighted by atomic mass is 32.1. The molecule has 1 heterocycles. The lowest BCUT2D eigenvalue weighted by Crippen LogP contribution is -2.40. The molecule has 0 radical (unpaired) electrons. The number of rotatable bonds is 7. The molecule has 0 saturated carbocycles. The Morgan fingerprint density at radius 1 is 1.53 bits per heavy atom. The Morgan fingerprint density at radius 3 is 2.68 bits per heavy atom. The second-order valence-corrected chi connectivity index (χ2v) is 5.09. The number of aromatic nitrogens is 1. The minimum atomic E-state index is -1.03. The lowest BCUT2D eigenvalue weighted by molar-refractivity contribution is -0.141. The largest absolute Gasteiger partial charge is 0.480 e. The van der Waals surface area contributed by atoms with Crippen LogP contribution in [0.2, 0.25) is 0 Å². The van der Waals surface area contributed by atoms with Crippen LogP contribution in [0.1, 0.15) is 31.9 Å². The molecule has 7 heteroatoms. The van der Waals surface area contributed by atoms with Gasteiger partial charge in [-0.3, -0.25) is 9.59 Å². The molecule has 106 valence electrons. The molecular weight excluding hydrogens is 268 g/mol. The number of carboxylic acid groups (broad SMARTS) is 1. The van der Waals surface area contributed by atoms with Crippen molar-refractivity contribution in [1.82, 2.24) is 9.88 Å². The van der Waals surface area contributed by atoms with E-state index in [2.05, 4.69) is 5.32 Å². The summed E-state index contributed by atoms with van der Waals surface area (Å²) in [7, 11) is 0. The van der Waals surface area contributed by atoms with Crippen molar-refractivity contribution in [2.75, 3.05) is 0 Å². The molecule has 0 fully saturated rings. The molecule has 0 aliphatic carbocycles. The molecule has 0 spiro atoms. The number of thiazole rings is 1. The molecule has 1 aromatic rings. The zero-order valence-electron chi connectivity index (χ0n) is 11.0. The van der Waals surface area contributed by atoms with E-state index in [-0.39, 0.29) is 17.2 Å². The number of carboxylic acids is 1. The standard InChI is InChI=1S/C12H18N2O4S/c1-3-9(11(16)17)13-10(15)5-4-6-14-8(2)7-19-12(14)18/h7,9H,3-6H2,1-2H3,(H,13,15)(H,16,17)/t9-/m1/s1. The first-order chi connectivity index (χ1) is 8.95. The predicted octanol–water partition coefficient (Wildman–Crippen LogP) is 0.978. The van der Waals surface area contributed by atoms with Crippen LogP contribution in [0.15, 0.2) is 10.2 Å². The van der Waals surface area contributed by atoms with Crippen molar-refractivity contribution in [3.05, 3.63) is 20.7 Å². The smallest absolute Gasteiger partial charge is 0.326 e. The summed E-state index contributed by atoms with van der Waals surface area (Å²) in [4.78, 5) is 33.7. The van der Waals surface area contributed by atoms with E-state index in [1.165, 1.54) is 0 Å². The second-order valence-electron chi connectivity index (χ2n) is 4.26. The van der Waals surface area contributed by atoms with Gasteiger partial charge in [0.1, 0.15) is 6.04 Å². The monoisotopic (exact) mass is 286 g/mol. The maximum Gasteiger partial charge on any atom is 0.326 e. The summed E-state index contributed by atoms with van der Waals surface area (Å²) in [6.45, 7) is 4.02. The van der Waals surface area contributed by atoms with E-state index >= 15 is 0 Å². The quantitative estimate of drug-likeness (QED) is 0.782. The van der Waals surface area contributed by atoms with Crippen molar-refractivity contribution in [3.8, 4) is 0 Å². The number of carbonyl (C=O) groups is 2. The van der Waals surface area contributed by atoms with Crippen LogP contribution in [-0.2, 0) is 16.1 Å². The van der Waals surface area contributed by atoms with Crippen LogP contribution in [0.25, 0.3) is 0 Å². The van der Waals surface area contributed by atoms with Gasteiger partial charge in [0.15, 0.2) is 0 Å². The third-order valence-corrected chi connectivity index (χ3v) is 3.68. The molecule has 1 amide bonds. The molecule has 0 aliphatic heterocycles. The fourth-order valence-electron chi connectivity index (χ4n) is 1.68. The highest BCUT2D eigenvalue weighted by Crippen LogP contribution is 2.02. The highest BCUT2D eigenvalue weighted by molar-refractivity contribution is 7.07. The normalized spacial score (nSPS) is 12.1. The number of nitrogens with one attached hydrogen (secondary N) is 1. The van der Waals surface area contributed by atoms with Crippen molar-refractivity contribution in [1.29, 1.82) is 0 Å². The molecule has 0 aromatic carbocycles. The number of amides is 1. The SMILES string of the molecule is CC[C@@H](NC(=O)CCCn1c(C)csc1=O)C(=O)O. The topological polar surface area (TPSA) is 88.4 Å². The first-order valence-electron chi connectivity index (χ1n) is 6.12. The first kappa shape index (κ1) is 15.4. The molecule has 1 rings (SSSR count). The molecule has 6 nitrogen and oxygen atoms in total. The minimum absolute atomic E-state index is 0.0325. The number of aliphatic carboxylic acids is 1. The van der Waals surface area contributed by atoms with E-state index in [9.17, 15) is 14.4 Å². The molecule has 1 aromatic heterocycles. The summed E-state index contributed by atoms with van der Waals surface area (Å²) in [6.07, 6.45) is 1.08. The lowest BCUT2D eigenvalue weighted by atomic mass is 10.2. The fraction of sp³-hybridized carbons (Fsp3) is 0.583. The molecule has 19 heavy (non-hydrogen) atoms. The van der Waals surface area contributed by atoms with Gasteiger partial charge in [-0.25, -0.2) is 4.79 Å². The Morgan fingerprint density at radius 2 is 2.21 bits per heavy atom. The molecule has 0 bridgehead atoms. The van der Waals surface area contributed by atoms with Crippen molar-refractivity contribution in [2.24, 2.45) is 0 Å². The third-order valence-electron chi connectivity index (χ3n) is 2.80. The summed E-state index contributed by atoms with van der Waals surface area (Å²) in [5, 5.41) is 13.0. The summed E-state index contributed by atoms with van der Waals surface area (Å²) < 4.78 is 1.62. The van der Waals surface area contributed by atoms with E-state index in [4.69, 9.17) is 5.11 Å². The van der Waals surface area contributed by atoms with Gasteiger partial charge < -0.3 is 15.0 Å². The van der Waals surface area contributed by atoms with Gasteiger partial charge in [-0.2, -0.15) is 0 Å². The number of carbonyl (C=O) groups excluding carboxylic acids is 1. The van der Waals surface area contributed by atoms with Crippen LogP contribution < -0.4 is 10.2 Å². The van der Waals surface area contributed by atoms with Crippen molar-refractivity contribution < 1.29 is 14.7 Å². The Kier molecular flexibility index (Phi) is 5.75. The van der Waals surface area contributed by atoms with E-state index in [1.54, 1.807) is 16.9 Å². The third kappa shape index (κ3) is 4.51. The summed E-state index contributed by atoms with van der Waals surface area (Å²) in [5.74, 6) is -1.32. The van der Waals surface area contributed by atoms with Crippen LogP contribution in [-0.4, -0.2) is 27.6 Å². The Balaban J connectivity index is 2.39. The van der Waals surface area contributed by atoms with Crippen LogP contribution in [0, 0.1) is 6.92 Å². The van der Waals surface area contributed by atoms with Crippen LogP contribution >= 0.6 is 11.3 Å². The first-order valence-corrected chi connectivity index (χ1v) is 7.00. The summed E-state index contributed by atoms with van der Waals surface area (Å²) in [5.41, 5.74) is 0.882. The summed E-state index contributed by atoms with van der Waals surface area (Å²) >= 11 is 1.14. The molecule has 0 unspecified atom stereocenters. The van der Waals surface area contributed by atoms with Gasteiger partial charge in [-0.05, 0) is 19.8 Å². The van der Waals surface area contributed by atoms with Gasteiger partial charge in [-0.15, -0.1) is 0 Å². The molecule has 0 aliphatic rings. The Bertz CT molecular complexity index is 506. The average molecular weight is 286 g/mol. The van der Waals surface area contributed by atoms with Gasteiger partial charge in [-0.1, -0.05) is 18.3 Å². The lowest BCUT2D eigenvalue weighted by Gasteiger charge is -2.12. The number of nitrogens with zero attached hydrogens (tertiary/aromatic N) is 1. The molecule has 1 atom stereocenters. The van der Waals surface area contributed by atoms with Crippen molar-refractivity contribution >= 4 is 23.2 Å². The maximum atomic E-state index is 11.6. The zero-order chi connectivity index (χ0) is 14.4. The maximum absolute atomic E-state index is 11.6. The summed E-state index contributed by atoms with van der Waals surface area (Å²) in [6, 6.07) is -0.835. The van der Waals surface area contributed by atoms with Crippen molar-refractivity contribution in [3.63, 3.8) is 0 Å². The van der Waals surface area contributed by atoms with Crippen LogP contribution in [0.3, 0.4) is 0 Å².